The second kappa shape index (κ2) is 12.0. The summed E-state index contributed by atoms with van der Waals surface area (Å²) >= 11 is 0. The molecule has 0 saturated carbocycles. The van der Waals surface area contributed by atoms with Gasteiger partial charge in [0.1, 0.15) is 12.1 Å². The van der Waals surface area contributed by atoms with Crippen molar-refractivity contribution in [3.8, 4) is 0 Å². The third-order valence-corrected chi connectivity index (χ3v) is 5.41. The molecule has 33 heavy (non-hydrogen) atoms. The van der Waals surface area contributed by atoms with Crippen LogP contribution in [0.15, 0.2) is 42.5 Å². The van der Waals surface area contributed by atoms with E-state index in [-0.39, 0.29) is 18.8 Å². The smallest absolute Gasteiger partial charge is 0.244 e. The van der Waals surface area contributed by atoms with Gasteiger partial charge in [-0.25, -0.2) is 5.48 Å². The molecule has 2 aromatic carbocycles. The molecular weight excluding hydrogens is 424 g/mol. The SMILES string of the molecule is CC(C)C[C@H](CC(=O)NO)C(=O)N[C@@H](Cc1cccc2ccccc12)C(=O)N[C@@H](C)C(N)=O. The van der Waals surface area contributed by atoms with Crippen molar-refractivity contribution in [2.75, 3.05) is 0 Å². The minimum absolute atomic E-state index is 0.104. The van der Waals surface area contributed by atoms with Crippen molar-refractivity contribution in [3.63, 3.8) is 0 Å². The van der Waals surface area contributed by atoms with Gasteiger partial charge in [-0.3, -0.25) is 24.4 Å². The Morgan fingerprint density at radius 3 is 2.24 bits per heavy atom. The van der Waals surface area contributed by atoms with E-state index in [2.05, 4.69) is 10.6 Å². The summed E-state index contributed by atoms with van der Waals surface area (Å²) in [5.74, 6) is -3.07. The lowest BCUT2D eigenvalue weighted by molar-refractivity contribution is -0.136. The number of rotatable bonds is 11. The number of benzene rings is 2. The average Bonchev–Trinajstić information content (AvgIpc) is 2.77. The lowest BCUT2D eigenvalue weighted by Crippen LogP contribution is -2.54. The second-order valence-electron chi connectivity index (χ2n) is 8.60. The minimum atomic E-state index is -1.00. The van der Waals surface area contributed by atoms with E-state index in [0.29, 0.717) is 6.42 Å². The monoisotopic (exact) mass is 456 g/mol. The van der Waals surface area contributed by atoms with Crippen LogP contribution in [0.2, 0.25) is 0 Å². The van der Waals surface area contributed by atoms with Crippen molar-refractivity contribution in [2.24, 2.45) is 17.6 Å². The van der Waals surface area contributed by atoms with Crippen LogP contribution in [-0.2, 0) is 25.6 Å². The molecule has 0 heterocycles. The minimum Gasteiger partial charge on any atom is -0.368 e. The van der Waals surface area contributed by atoms with Crippen LogP contribution in [0, 0.1) is 11.8 Å². The zero-order chi connectivity index (χ0) is 24.5. The predicted octanol–water partition coefficient (Wildman–Crippen LogP) is 1.41. The largest absolute Gasteiger partial charge is 0.368 e. The van der Waals surface area contributed by atoms with Crippen LogP contribution < -0.4 is 21.8 Å². The maximum absolute atomic E-state index is 13.1. The summed E-state index contributed by atoms with van der Waals surface area (Å²) < 4.78 is 0. The predicted molar refractivity (Wildman–Crippen MR) is 124 cm³/mol. The molecule has 0 spiro atoms. The Hall–Kier alpha value is -3.46. The number of fused-ring (bicyclic) bond motifs is 1. The Labute approximate surface area is 193 Å². The van der Waals surface area contributed by atoms with Crippen LogP contribution in [-0.4, -0.2) is 40.9 Å². The molecule has 0 saturated heterocycles. The van der Waals surface area contributed by atoms with Gasteiger partial charge in [0, 0.05) is 18.8 Å². The van der Waals surface area contributed by atoms with Crippen molar-refractivity contribution in [1.82, 2.24) is 16.1 Å². The van der Waals surface area contributed by atoms with Gasteiger partial charge in [-0.15, -0.1) is 0 Å². The molecular formula is C24H32N4O5. The highest BCUT2D eigenvalue weighted by Crippen LogP contribution is 2.21. The van der Waals surface area contributed by atoms with Gasteiger partial charge in [0.25, 0.3) is 0 Å². The number of nitrogens with two attached hydrogens (primary N) is 1. The van der Waals surface area contributed by atoms with E-state index in [9.17, 15) is 19.2 Å². The third-order valence-electron chi connectivity index (χ3n) is 5.41. The molecule has 3 atom stereocenters. The van der Waals surface area contributed by atoms with Crippen LogP contribution >= 0.6 is 0 Å². The van der Waals surface area contributed by atoms with E-state index >= 15 is 0 Å². The summed E-state index contributed by atoms with van der Waals surface area (Å²) in [7, 11) is 0. The van der Waals surface area contributed by atoms with Gasteiger partial charge >= 0.3 is 0 Å². The molecule has 0 fully saturated rings. The molecule has 0 aliphatic carbocycles. The van der Waals surface area contributed by atoms with Gasteiger partial charge in [-0.05, 0) is 35.6 Å². The molecule has 0 aromatic heterocycles. The fraction of sp³-hybridized carbons (Fsp3) is 0.417. The third kappa shape index (κ3) is 7.57. The molecule has 2 rings (SSSR count). The van der Waals surface area contributed by atoms with Crippen LogP contribution in [0.5, 0.6) is 0 Å². The Bertz CT molecular complexity index is 1000. The quantitative estimate of drug-likeness (QED) is 0.256. The van der Waals surface area contributed by atoms with E-state index in [4.69, 9.17) is 10.9 Å². The van der Waals surface area contributed by atoms with E-state index in [1.807, 2.05) is 56.3 Å². The number of nitrogens with one attached hydrogen (secondary N) is 3. The molecule has 9 heteroatoms. The lowest BCUT2D eigenvalue weighted by Gasteiger charge is -2.24. The van der Waals surface area contributed by atoms with Gasteiger partial charge in [0.15, 0.2) is 0 Å². The van der Waals surface area contributed by atoms with Gasteiger partial charge in [0.2, 0.25) is 23.6 Å². The first-order chi connectivity index (χ1) is 15.6. The topological polar surface area (TPSA) is 151 Å². The summed E-state index contributed by atoms with van der Waals surface area (Å²) in [5.41, 5.74) is 7.67. The molecule has 0 radical (unpaired) electrons. The van der Waals surface area contributed by atoms with Gasteiger partial charge in [-0.1, -0.05) is 56.3 Å². The van der Waals surface area contributed by atoms with Crippen LogP contribution in [0.4, 0.5) is 0 Å². The van der Waals surface area contributed by atoms with Crippen molar-refractivity contribution in [2.45, 2.75) is 52.1 Å². The Balaban J connectivity index is 2.32. The van der Waals surface area contributed by atoms with Crippen molar-refractivity contribution < 1.29 is 24.4 Å². The molecule has 4 amide bonds. The van der Waals surface area contributed by atoms with E-state index in [1.54, 1.807) is 5.48 Å². The number of carbonyl (C=O) groups is 4. The Morgan fingerprint density at radius 1 is 0.939 bits per heavy atom. The fourth-order valence-electron chi connectivity index (χ4n) is 3.70. The van der Waals surface area contributed by atoms with Crippen molar-refractivity contribution in [1.29, 1.82) is 0 Å². The lowest BCUT2D eigenvalue weighted by atomic mass is 9.92. The number of hydrogen-bond donors (Lipinski definition) is 5. The highest BCUT2D eigenvalue weighted by atomic mass is 16.5. The number of hydrogen-bond acceptors (Lipinski definition) is 5. The van der Waals surface area contributed by atoms with Crippen LogP contribution in [0.3, 0.4) is 0 Å². The highest BCUT2D eigenvalue weighted by molar-refractivity contribution is 5.94. The summed E-state index contributed by atoms with van der Waals surface area (Å²) in [5, 5.41) is 16.1. The average molecular weight is 457 g/mol. The number of primary amides is 1. The van der Waals surface area contributed by atoms with Crippen molar-refractivity contribution >= 4 is 34.4 Å². The van der Waals surface area contributed by atoms with Gasteiger partial charge in [0.05, 0.1) is 0 Å². The normalized spacial score (nSPS) is 13.7. The zero-order valence-corrected chi connectivity index (χ0v) is 19.1. The van der Waals surface area contributed by atoms with Crippen molar-refractivity contribution in [3.05, 3.63) is 48.0 Å². The van der Waals surface area contributed by atoms with Crippen LogP contribution in [0.25, 0.3) is 10.8 Å². The maximum atomic E-state index is 13.1. The van der Waals surface area contributed by atoms with Gasteiger partial charge in [-0.2, -0.15) is 0 Å². The summed E-state index contributed by atoms with van der Waals surface area (Å²) in [6.45, 7) is 5.28. The molecule has 0 unspecified atom stereocenters. The molecule has 0 bridgehead atoms. The van der Waals surface area contributed by atoms with E-state index in [1.165, 1.54) is 6.92 Å². The molecule has 0 aliphatic heterocycles. The number of carbonyl (C=O) groups excluding carboxylic acids is 4. The number of amides is 4. The fourth-order valence-corrected chi connectivity index (χ4v) is 3.70. The summed E-state index contributed by atoms with van der Waals surface area (Å²) in [4.78, 5) is 49.2. The summed E-state index contributed by atoms with van der Waals surface area (Å²) in [6, 6.07) is 11.5. The van der Waals surface area contributed by atoms with Gasteiger partial charge < -0.3 is 16.4 Å². The maximum Gasteiger partial charge on any atom is 0.244 e. The van der Waals surface area contributed by atoms with Crippen LogP contribution in [0.1, 0.15) is 39.2 Å². The van der Waals surface area contributed by atoms with E-state index in [0.717, 1.165) is 16.3 Å². The molecule has 6 N–H and O–H groups in total. The zero-order valence-electron chi connectivity index (χ0n) is 19.1. The Kier molecular flexibility index (Phi) is 9.35. The summed E-state index contributed by atoms with van der Waals surface area (Å²) in [6.07, 6.45) is 0.339. The highest BCUT2D eigenvalue weighted by Gasteiger charge is 2.29. The Morgan fingerprint density at radius 2 is 1.61 bits per heavy atom. The number of hydroxylamine groups is 1. The molecule has 0 aliphatic rings. The van der Waals surface area contributed by atoms with E-state index < -0.39 is 41.6 Å². The molecule has 178 valence electrons. The first kappa shape index (κ1) is 25.8. The first-order valence-electron chi connectivity index (χ1n) is 10.9. The molecule has 9 nitrogen and oxygen atoms in total. The second-order valence-corrected chi connectivity index (χ2v) is 8.60. The standard InChI is InChI=1S/C24H32N4O5/c1-14(2)11-18(13-21(29)28-33)23(31)27-20(24(32)26-15(3)22(25)30)12-17-9-6-8-16-7-4-5-10-19(16)17/h4-10,14-15,18,20,33H,11-13H2,1-3H3,(H2,25,30)(H,26,32)(H,27,31)(H,28,29)/t15-,18+,20-/m0/s1. The molecule has 2 aromatic rings. The first-order valence-corrected chi connectivity index (χ1v) is 10.9.